The van der Waals surface area contributed by atoms with Crippen LogP contribution in [0.4, 0.5) is 0 Å². The molecule has 6 nitrogen and oxygen atoms in total. The van der Waals surface area contributed by atoms with Crippen molar-refractivity contribution < 1.29 is 23.9 Å². The van der Waals surface area contributed by atoms with Gasteiger partial charge in [0.1, 0.15) is 11.8 Å². The highest BCUT2D eigenvalue weighted by Crippen LogP contribution is 2.15. The molecule has 2 atom stereocenters. The van der Waals surface area contributed by atoms with Crippen LogP contribution >= 0.6 is 11.8 Å². The summed E-state index contributed by atoms with van der Waals surface area (Å²) in [5, 5.41) is 2.71. The summed E-state index contributed by atoms with van der Waals surface area (Å²) in [6.07, 6.45) is 1.35. The van der Waals surface area contributed by atoms with E-state index in [1.165, 1.54) is 6.92 Å². The van der Waals surface area contributed by atoms with Gasteiger partial charge in [-0.15, -0.1) is 0 Å². The second-order valence-electron chi connectivity index (χ2n) is 6.35. The predicted octanol–water partition coefficient (Wildman–Crippen LogP) is 3.36. The molecule has 0 aliphatic carbocycles. The summed E-state index contributed by atoms with van der Waals surface area (Å²) < 4.78 is 10.5. The molecule has 0 saturated carbocycles. The predicted molar refractivity (Wildman–Crippen MR) is 114 cm³/mol. The number of esters is 1. The van der Waals surface area contributed by atoms with E-state index in [2.05, 4.69) is 5.32 Å². The molecule has 0 spiro atoms. The Kier molecular flexibility index (Phi) is 8.73. The zero-order valence-corrected chi connectivity index (χ0v) is 17.5. The number of thioether (sulfide) groups is 1. The monoisotopic (exact) mass is 415 g/mol. The number of ether oxygens (including phenoxy) is 2. The van der Waals surface area contributed by atoms with E-state index in [-0.39, 0.29) is 11.7 Å². The van der Waals surface area contributed by atoms with Gasteiger partial charge in [0.15, 0.2) is 6.10 Å². The van der Waals surface area contributed by atoms with Gasteiger partial charge < -0.3 is 14.8 Å². The molecule has 0 bridgehead atoms. The van der Waals surface area contributed by atoms with Gasteiger partial charge in [-0.25, -0.2) is 4.79 Å². The van der Waals surface area contributed by atoms with Crippen LogP contribution in [0.25, 0.3) is 0 Å². The number of benzene rings is 2. The Bertz CT molecular complexity index is 823. The van der Waals surface area contributed by atoms with Crippen LogP contribution < -0.4 is 10.1 Å². The molecule has 2 aromatic rings. The van der Waals surface area contributed by atoms with Gasteiger partial charge in [-0.05, 0) is 61.8 Å². The number of hydrogen-bond donors (Lipinski definition) is 1. The Labute approximate surface area is 175 Å². The van der Waals surface area contributed by atoms with E-state index in [1.54, 1.807) is 67.4 Å². The maximum Gasteiger partial charge on any atom is 0.329 e. The van der Waals surface area contributed by atoms with Gasteiger partial charge in [0.2, 0.25) is 5.78 Å². The van der Waals surface area contributed by atoms with Crippen LogP contribution in [-0.2, 0) is 9.53 Å². The van der Waals surface area contributed by atoms with Crippen LogP contribution in [0.15, 0.2) is 54.6 Å². The Morgan fingerprint density at radius 2 is 1.66 bits per heavy atom. The maximum atomic E-state index is 12.6. The van der Waals surface area contributed by atoms with Gasteiger partial charge in [0, 0.05) is 11.1 Å². The molecule has 2 aromatic carbocycles. The SMILES string of the molecule is COc1ccc(C(=O)[C@@H](C)OC(=O)[C@H](CCSC)NC(=O)c2ccccc2)cc1. The Morgan fingerprint density at radius 3 is 2.24 bits per heavy atom. The van der Waals surface area contributed by atoms with Crippen LogP contribution in [0.3, 0.4) is 0 Å². The number of amides is 1. The third-order valence-corrected chi connectivity index (χ3v) is 4.92. The fourth-order valence-corrected chi connectivity index (χ4v) is 3.09. The fraction of sp³-hybridized carbons (Fsp3) is 0.318. The lowest BCUT2D eigenvalue weighted by Crippen LogP contribution is -2.44. The van der Waals surface area contributed by atoms with Crippen molar-refractivity contribution in [2.24, 2.45) is 0 Å². The molecule has 0 fully saturated rings. The Balaban J connectivity index is 2.03. The first-order valence-corrected chi connectivity index (χ1v) is 10.6. The fourth-order valence-electron chi connectivity index (χ4n) is 2.62. The summed E-state index contributed by atoms with van der Waals surface area (Å²) in [4.78, 5) is 37.6. The summed E-state index contributed by atoms with van der Waals surface area (Å²) >= 11 is 1.56. The third-order valence-electron chi connectivity index (χ3n) is 4.27. The Morgan fingerprint density at radius 1 is 1.00 bits per heavy atom. The van der Waals surface area contributed by atoms with E-state index in [0.717, 1.165) is 0 Å². The minimum Gasteiger partial charge on any atom is -0.497 e. The minimum absolute atomic E-state index is 0.320. The molecule has 0 aliphatic rings. The molecule has 0 unspecified atom stereocenters. The first-order valence-electron chi connectivity index (χ1n) is 9.20. The van der Waals surface area contributed by atoms with Gasteiger partial charge in [-0.3, -0.25) is 9.59 Å². The number of Topliss-reactive ketones (excluding diaryl/α,β-unsaturated/α-hetero) is 1. The second-order valence-corrected chi connectivity index (χ2v) is 7.33. The summed E-state index contributed by atoms with van der Waals surface area (Å²) in [6, 6.07) is 14.4. The molecular formula is C22H25NO5S. The molecule has 7 heteroatoms. The molecule has 1 amide bonds. The largest absolute Gasteiger partial charge is 0.497 e. The van der Waals surface area contributed by atoms with E-state index >= 15 is 0 Å². The van der Waals surface area contributed by atoms with Crippen molar-refractivity contribution in [2.75, 3.05) is 19.1 Å². The zero-order valence-electron chi connectivity index (χ0n) is 16.7. The van der Waals surface area contributed by atoms with Crippen molar-refractivity contribution in [2.45, 2.75) is 25.5 Å². The van der Waals surface area contributed by atoms with E-state index < -0.39 is 18.1 Å². The summed E-state index contributed by atoms with van der Waals surface area (Å²) in [5.41, 5.74) is 0.872. The summed E-state index contributed by atoms with van der Waals surface area (Å²) in [5.74, 6) is -0.0123. The Hall–Kier alpha value is -2.80. The van der Waals surface area contributed by atoms with E-state index in [0.29, 0.717) is 29.1 Å². The van der Waals surface area contributed by atoms with Gasteiger partial charge in [-0.2, -0.15) is 11.8 Å². The first kappa shape index (κ1) is 22.5. The highest BCUT2D eigenvalue weighted by molar-refractivity contribution is 7.98. The first-order chi connectivity index (χ1) is 14.0. The van der Waals surface area contributed by atoms with Crippen LogP contribution in [-0.4, -0.2) is 48.9 Å². The van der Waals surface area contributed by atoms with Gasteiger partial charge >= 0.3 is 5.97 Å². The molecule has 0 aromatic heterocycles. The number of hydrogen-bond acceptors (Lipinski definition) is 6. The highest BCUT2D eigenvalue weighted by Gasteiger charge is 2.27. The van der Waals surface area contributed by atoms with E-state index in [4.69, 9.17) is 9.47 Å². The molecule has 0 aliphatic heterocycles. The van der Waals surface area contributed by atoms with Crippen LogP contribution in [0.1, 0.15) is 34.1 Å². The number of carbonyl (C=O) groups excluding carboxylic acids is 3. The molecule has 1 N–H and O–H groups in total. The average molecular weight is 416 g/mol. The van der Waals surface area contributed by atoms with Gasteiger partial charge in [0.05, 0.1) is 7.11 Å². The van der Waals surface area contributed by atoms with Gasteiger partial charge in [0.25, 0.3) is 5.91 Å². The van der Waals surface area contributed by atoms with E-state index in [1.807, 2.05) is 12.3 Å². The zero-order chi connectivity index (χ0) is 21.2. The molecule has 0 saturated heterocycles. The lowest BCUT2D eigenvalue weighted by Gasteiger charge is -2.20. The normalized spacial score (nSPS) is 12.5. The third kappa shape index (κ3) is 6.64. The van der Waals surface area contributed by atoms with Crippen LogP contribution in [0, 0.1) is 0 Å². The topological polar surface area (TPSA) is 81.7 Å². The van der Waals surface area contributed by atoms with Crippen molar-refractivity contribution in [3.8, 4) is 5.75 Å². The number of rotatable bonds is 10. The van der Waals surface area contributed by atoms with Crippen molar-refractivity contribution >= 4 is 29.4 Å². The minimum atomic E-state index is -0.971. The number of methoxy groups -OCH3 is 1. The highest BCUT2D eigenvalue weighted by atomic mass is 32.2. The van der Waals surface area contributed by atoms with Crippen molar-refractivity contribution in [3.63, 3.8) is 0 Å². The smallest absolute Gasteiger partial charge is 0.329 e. The molecular weight excluding hydrogens is 390 g/mol. The van der Waals surface area contributed by atoms with Crippen molar-refractivity contribution in [1.82, 2.24) is 5.32 Å². The van der Waals surface area contributed by atoms with Crippen LogP contribution in [0.5, 0.6) is 5.75 Å². The van der Waals surface area contributed by atoms with E-state index in [9.17, 15) is 14.4 Å². The number of nitrogens with one attached hydrogen (secondary N) is 1. The lowest BCUT2D eigenvalue weighted by molar-refractivity contribution is -0.148. The molecule has 154 valence electrons. The van der Waals surface area contributed by atoms with Crippen molar-refractivity contribution in [1.29, 1.82) is 0 Å². The summed E-state index contributed by atoms with van der Waals surface area (Å²) in [6.45, 7) is 1.52. The summed E-state index contributed by atoms with van der Waals surface area (Å²) in [7, 11) is 1.54. The number of ketones is 1. The molecule has 0 radical (unpaired) electrons. The quantitative estimate of drug-likeness (QED) is 0.473. The maximum absolute atomic E-state index is 12.6. The molecule has 0 heterocycles. The second kappa shape index (κ2) is 11.3. The molecule has 2 rings (SSSR count). The molecule has 29 heavy (non-hydrogen) atoms. The van der Waals surface area contributed by atoms with Crippen LogP contribution in [0.2, 0.25) is 0 Å². The lowest BCUT2D eigenvalue weighted by atomic mass is 10.1. The van der Waals surface area contributed by atoms with Gasteiger partial charge in [-0.1, -0.05) is 18.2 Å². The number of carbonyl (C=O) groups is 3. The standard InChI is InChI=1S/C22H25NO5S/c1-15(20(24)16-9-11-18(27-2)12-10-16)28-22(26)19(13-14-29-3)23-21(25)17-7-5-4-6-8-17/h4-12,15,19H,13-14H2,1-3H3,(H,23,25)/t15-,19+/m1/s1. The average Bonchev–Trinajstić information content (AvgIpc) is 2.76. The van der Waals surface area contributed by atoms with Crippen molar-refractivity contribution in [3.05, 3.63) is 65.7 Å².